The van der Waals surface area contributed by atoms with Crippen molar-refractivity contribution in [2.75, 3.05) is 0 Å². The largest absolute Gasteiger partial charge is 0.458 e. The topological polar surface area (TPSA) is 26.3 Å². The normalized spacial score (nSPS) is 17.4. The maximum absolute atomic E-state index is 10.7. The molecule has 1 saturated carbocycles. The van der Waals surface area contributed by atoms with Crippen LogP contribution >= 0.6 is 0 Å². The van der Waals surface area contributed by atoms with Gasteiger partial charge in [-0.15, -0.1) is 0 Å². The van der Waals surface area contributed by atoms with Crippen molar-refractivity contribution < 1.29 is 9.53 Å². The standard InChI is InChI=1S/C7H11O2/c1-2-5-9-7(8)6-3-4-6/h5-6H,2-4H2,1H3. The van der Waals surface area contributed by atoms with E-state index in [1.54, 1.807) is 6.61 Å². The SMILES string of the molecule is CC[CH]OC(=O)C1CC1. The highest BCUT2D eigenvalue weighted by Gasteiger charge is 2.30. The van der Waals surface area contributed by atoms with Gasteiger partial charge in [0.05, 0.1) is 5.92 Å². The van der Waals surface area contributed by atoms with Gasteiger partial charge < -0.3 is 4.74 Å². The van der Waals surface area contributed by atoms with E-state index >= 15 is 0 Å². The first-order valence-electron chi connectivity index (χ1n) is 3.36. The average Bonchev–Trinajstić information content (AvgIpc) is 2.63. The first kappa shape index (κ1) is 6.59. The first-order valence-corrected chi connectivity index (χ1v) is 3.36. The quantitative estimate of drug-likeness (QED) is 0.537. The average molecular weight is 127 g/mol. The molecule has 2 heteroatoms. The highest BCUT2D eigenvalue weighted by atomic mass is 16.5. The fourth-order valence-electron chi connectivity index (χ4n) is 0.581. The molecule has 1 aliphatic carbocycles. The second kappa shape index (κ2) is 2.85. The van der Waals surface area contributed by atoms with Crippen LogP contribution in [0.5, 0.6) is 0 Å². The van der Waals surface area contributed by atoms with Crippen LogP contribution in [0, 0.1) is 12.5 Å². The lowest BCUT2D eigenvalue weighted by molar-refractivity contribution is -0.141. The molecule has 0 unspecified atom stereocenters. The number of hydrogen-bond donors (Lipinski definition) is 0. The van der Waals surface area contributed by atoms with E-state index in [-0.39, 0.29) is 11.9 Å². The van der Waals surface area contributed by atoms with Crippen molar-refractivity contribution in [1.82, 2.24) is 0 Å². The summed E-state index contributed by atoms with van der Waals surface area (Å²) >= 11 is 0. The smallest absolute Gasteiger partial charge is 0.309 e. The van der Waals surface area contributed by atoms with Crippen molar-refractivity contribution in [3.05, 3.63) is 6.61 Å². The molecular weight excluding hydrogens is 116 g/mol. The first-order chi connectivity index (χ1) is 4.34. The molecule has 0 aromatic rings. The van der Waals surface area contributed by atoms with Gasteiger partial charge in [-0.2, -0.15) is 0 Å². The summed E-state index contributed by atoms with van der Waals surface area (Å²) in [4.78, 5) is 10.7. The molecule has 0 saturated heterocycles. The highest BCUT2D eigenvalue weighted by Crippen LogP contribution is 2.30. The van der Waals surface area contributed by atoms with Crippen LogP contribution in [0.15, 0.2) is 0 Å². The van der Waals surface area contributed by atoms with Gasteiger partial charge in [-0.3, -0.25) is 4.79 Å². The Balaban J connectivity index is 2.03. The van der Waals surface area contributed by atoms with Crippen molar-refractivity contribution >= 4 is 5.97 Å². The molecule has 1 aliphatic rings. The Bertz CT molecular complexity index is 105. The lowest BCUT2D eigenvalue weighted by atomic mass is 10.4. The Hall–Kier alpha value is -0.530. The summed E-state index contributed by atoms with van der Waals surface area (Å²) in [5.41, 5.74) is 0. The van der Waals surface area contributed by atoms with E-state index in [1.807, 2.05) is 6.92 Å². The van der Waals surface area contributed by atoms with Gasteiger partial charge in [-0.1, -0.05) is 6.92 Å². The Morgan fingerprint density at radius 3 is 2.89 bits per heavy atom. The molecule has 0 aliphatic heterocycles. The molecule has 1 radical (unpaired) electrons. The number of ether oxygens (including phenoxy) is 1. The molecule has 2 nitrogen and oxygen atoms in total. The highest BCUT2D eigenvalue weighted by molar-refractivity contribution is 5.75. The molecule has 0 atom stereocenters. The molecule has 0 spiro atoms. The zero-order valence-corrected chi connectivity index (χ0v) is 5.59. The summed E-state index contributed by atoms with van der Waals surface area (Å²) in [6, 6.07) is 0. The summed E-state index contributed by atoms with van der Waals surface area (Å²) in [6.07, 6.45) is 2.85. The van der Waals surface area contributed by atoms with E-state index in [4.69, 9.17) is 4.74 Å². The van der Waals surface area contributed by atoms with Gasteiger partial charge in [0.2, 0.25) is 0 Å². The van der Waals surface area contributed by atoms with Crippen molar-refractivity contribution in [2.24, 2.45) is 5.92 Å². The van der Waals surface area contributed by atoms with Gasteiger partial charge in [-0.25, -0.2) is 0 Å². The van der Waals surface area contributed by atoms with Gasteiger partial charge in [0.15, 0.2) is 0 Å². The minimum Gasteiger partial charge on any atom is -0.458 e. The predicted molar refractivity (Wildman–Crippen MR) is 33.4 cm³/mol. The van der Waals surface area contributed by atoms with Crippen molar-refractivity contribution in [1.29, 1.82) is 0 Å². The summed E-state index contributed by atoms with van der Waals surface area (Å²) in [7, 11) is 0. The lowest BCUT2D eigenvalue weighted by Gasteiger charge is -1.97. The summed E-state index contributed by atoms with van der Waals surface area (Å²) < 4.78 is 4.75. The van der Waals surface area contributed by atoms with Crippen LogP contribution in [0.2, 0.25) is 0 Å². The van der Waals surface area contributed by atoms with Crippen molar-refractivity contribution in [3.8, 4) is 0 Å². The van der Waals surface area contributed by atoms with Crippen LogP contribution < -0.4 is 0 Å². The molecule has 0 aromatic carbocycles. The van der Waals surface area contributed by atoms with E-state index in [0.29, 0.717) is 0 Å². The fraction of sp³-hybridized carbons (Fsp3) is 0.714. The van der Waals surface area contributed by atoms with Crippen LogP contribution in [0.3, 0.4) is 0 Å². The van der Waals surface area contributed by atoms with E-state index in [9.17, 15) is 4.79 Å². The van der Waals surface area contributed by atoms with Gasteiger partial charge in [0.25, 0.3) is 0 Å². The second-order valence-electron chi connectivity index (χ2n) is 2.29. The van der Waals surface area contributed by atoms with E-state index in [0.717, 1.165) is 19.3 Å². The van der Waals surface area contributed by atoms with Gasteiger partial charge >= 0.3 is 5.97 Å². The summed E-state index contributed by atoms with van der Waals surface area (Å²) in [6.45, 7) is 3.50. The number of carbonyl (C=O) groups is 1. The predicted octanol–water partition coefficient (Wildman–Crippen LogP) is 1.51. The van der Waals surface area contributed by atoms with Crippen LogP contribution in [0.25, 0.3) is 0 Å². The molecule has 1 fully saturated rings. The van der Waals surface area contributed by atoms with Gasteiger partial charge in [-0.05, 0) is 19.3 Å². The summed E-state index contributed by atoms with van der Waals surface area (Å²) in [5, 5.41) is 0. The summed E-state index contributed by atoms with van der Waals surface area (Å²) in [5.74, 6) is 0.185. The lowest BCUT2D eigenvalue weighted by Crippen LogP contribution is -2.03. The van der Waals surface area contributed by atoms with Crippen molar-refractivity contribution in [2.45, 2.75) is 26.2 Å². The molecule has 0 heterocycles. The number of rotatable bonds is 3. The van der Waals surface area contributed by atoms with E-state index in [2.05, 4.69) is 0 Å². The number of hydrogen-bond acceptors (Lipinski definition) is 2. The monoisotopic (exact) mass is 127 g/mol. The molecule has 1 rings (SSSR count). The van der Waals surface area contributed by atoms with Crippen molar-refractivity contribution in [3.63, 3.8) is 0 Å². The molecule has 9 heavy (non-hydrogen) atoms. The maximum atomic E-state index is 10.7. The zero-order chi connectivity index (χ0) is 6.69. The third kappa shape index (κ3) is 2.04. The Morgan fingerprint density at radius 1 is 1.78 bits per heavy atom. The van der Waals surface area contributed by atoms with Crippen LogP contribution in [0.1, 0.15) is 26.2 Å². The third-order valence-corrected chi connectivity index (χ3v) is 1.28. The molecular formula is C7H11O2. The molecule has 0 N–H and O–H groups in total. The van der Waals surface area contributed by atoms with Gasteiger partial charge in [0, 0.05) is 0 Å². The second-order valence-corrected chi connectivity index (χ2v) is 2.29. The molecule has 0 bridgehead atoms. The Morgan fingerprint density at radius 2 is 2.44 bits per heavy atom. The zero-order valence-electron chi connectivity index (χ0n) is 5.59. The minimum absolute atomic E-state index is 0.0446. The van der Waals surface area contributed by atoms with Crippen LogP contribution in [-0.4, -0.2) is 5.97 Å². The Kier molecular flexibility index (Phi) is 2.09. The third-order valence-electron chi connectivity index (χ3n) is 1.28. The number of esters is 1. The minimum atomic E-state index is -0.0446. The fourth-order valence-corrected chi connectivity index (χ4v) is 0.581. The van der Waals surface area contributed by atoms with Crippen LogP contribution in [-0.2, 0) is 9.53 Å². The van der Waals surface area contributed by atoms with Crippen LogP contribution in [0.4, 0.5) is 0 Å². The molecule has 0 amide bonds. The maximum Gasteiger partial charge on any atom is 0.309 e. The van der Waals surface area contributed by atoms with E-state index in [1.165, 1.54) is 0 Å². The molecule has 51 valence electrons. The number of carbonyl (C=O) groups excluding carboxylic acids is 1. The van der Waals surface area contributed by atoms with Gasteiger partial charge in [0.1, 0.15) is 6.61 Å². The molecule has 0 aromatic heterocycles. The Labute approximate surface area is 55.2 Å². The van der Waals surface area contributed by atoms with E-state index < -0.39 is 0 Å².